The van der Waals surface area contributed by atoms with Gasteiger partial charge in [0.15, 0.2) is 0 Å². The van der Waals surface area contributed by atoms with Crippen LogP contribution in [0.5, 0.6) is 0 Å². The van der Waals surface area contributed by atoms with E-state index in [1.54, 1.807) is 26.2 Å². The Morgan fingerprint density at radius 2 is 2.00 bits per heavy atom. The van der Waals surface area contributed by atoms with E-state index in [4.69, 9.17) is 5.73 Å². The highest BCUT2D eigenvalue weighted by molar-refractivity contribution is 5.96. The van der Waals surface area contributed by atoms with Gasteiger partial charge in [-0.1, -0.05) is 0 Å². The van der Waals surface area contributed by atoms with Crippen LogP contribution < -0.4 is 21.3 Å². The molecule has 0 aromatic heterocycles. The summed E-state index contributed by atoms with van der Waals surface area (Å²) in [4.78, 5) is 25.7. The monoisotopic (exact) mass is 290 g/mol. The molecular weight excluding hydrogens is 268 g/mol. The first-order chi connectivity index (χ1) is 10.1. The predicted molar refractivity (Wildman–Crippen MR) is 83.3 cm³/mol. The summed E-state index contributed by atoms with van der Waals surface area (Å²) < 4.78 is 0. The van der Waals surface area contributed by atoms with E-state index < -0.39 is 0 Å². The maximum Gasteiger partial charge on any atom is 0.251 e. The highest BCUT2D eigenvalue weighted by Gasteiger charge is 2.29. The number of anilines is 2. The van der Waals surface area contributed by atoms with Crippen LogP contribution in [-0.4, -0.2) is 38.5 Å². The number of nitrogen functional groups attached to an aromatic ring is 1. The highest BCUT2D eigenvalue weighted by atomic mass is 16.2. The number of amides is 2. The Morgan fingerprint density at radius 1 is 1.24 bits per heavy atom. The largest absolute Gasteiger partial charge is 0.397 e. The maximum absolute atomic E-state index is 12.0. The lowest BCUT2D eigenvalue weighted by atomic mass is 9.99. The number of piperidine rings is 1. The minimum Gasteiger partial charge on any atom is -0.397 e. The predicted octanol–water partition coefficient (Wildman–Crippen LogP) is 0.733. The van der Waals surface area contributed by atoms with Crippen LogP contribution in [0.15, 0.2) is 18.2 Å². The fourth-order valence-corrected chi connectivity index (χ4v) is 2.76. The number of nitrogens with zero attached hydrogens (tertiary/aromatic N) is 1. The molecule has 6 nitrogen and oxygen atoms in total. The second kappa shape index (κ2) is 6.47. The third kappa shape index (κ3) is 3.09. The van der Waals surface area contributed by atoms with Crippen LogP contribution in [-0.2, 0) is 4.79 Å². The number of hydrogen-bond donors (Lipinski definition) is 3. The van der Waals surface area contributed by atoms with Crippen molar-refractivity contribution in [1.29, 1.82) is 0 Å². The summed E-state index contributed by atoms with van der Waals surface area (Å²) in [5, 5.41) is 5.28. The Morgan fingerprint density at radius 3 is 2.62 bits per heavy atom. The molecule has 1 aliphatic rings. The second-order valence-corrected chi connectivity index (χ2v) is 5.17. The zero-order valence-electron chi connectivity index (χ0n) is 12.5. The lowest BCUT2D eigenvalue weighted by molar-refractivity contribution is -0.122. The molecular formula is C15H22N4O2. The first-order valence-electron chi connectivity index (χ1n) is 7.18. The Balaban J connectivity index is 2.31. The van der Waals surface area contributed by atoms with E-state index in [2.05, 4.69) is 10.6 Å². The van der Waals surface area contributed by atoms with E-state index in [1.807, 2.05) is 11.0 Å². The maximum atomic E-state index is 12.0. The zero-order valence-corrected chi connectivity index (χ0v) is 12.5. The SMILES string of the molecule is CNC(=O)c1ccc(N2CCCCC2C(=O)NC)c(N)c1. The number of nitrogens with one attached hydrogen (secondary N) is 2. The van der Waals surface area contributed by atoms with Crippen molar-refractivity contribution in [2.45, 2.75) is 25.3 Å². The van der Waals surface area contributed by atoms with Crippen LogP contribution in [0.4, 0.5) is 11.4 Å². The molecule has 1 unspecified atom stereocenters. The molecule has 1 fully saturated rings. The van der Waals surface area contributed by atoms with Gasteiger partial charge in [-0.25, -0.2) is 0 Å². The number of carbonyl (C=O) groups excluding carboxylic acids is 2. The standard InChI is InChI=1S/C15H22N4O2/c1-17-14(20)10-6-7-12(11(16)9-10)19-8-4-3-5-13(19)15(21)18-2/h6-7,9,13H,3-5,8,16H2,1-2H3,(H,17,20)(H,18,21). The number of hydrogen-bond acceptors (Lipinski definition) is 4. The molecule has 1 aromatic rings. The van der Waals surface area contributed by atoms with E-state index in [-0.39, 0.29) is 17.9 Å². The molecule has 2 rings (SSSR count). The van der Waals surface area contributed by atoms with Gasteiger partial charge < -0.3 is 21.3 Å². The van der Waals surface area contributed by atoms with Crippen molar-refractivity contribution in [3.8, 4) is 0 Å². The molecule has 1 aromatic carbocycles. The van der Waals surface area contributed by atoms with Crippen LogP contribution in [0.1, 0.15) is 29.6 Å². The molecule has 0 bridgehead atoms. The average molecular weight is 290 g/mol. The molecule has 1 saturated heterocycles. The summed E-state index contributed by atoms with van der Waals surface area (Å²) in [5.41, 5.74) is 7.95. The molecule has 1 heterocycles. The molecule has 4 N–H and O–H groups in total. The normalized spacial score (nSPS) is 18.2. The van der Waals surface area contributed by atoms with E-state index in [0.29, 0.717) is 11.3 Å². The minimum atomic E-state index is -0.197. The summed E-state index contributed by atoms with van der Waals surface area (Å²) in [6, 6.07) is 5.02. The summed E-state index contributed by atoms with van der Waals surface area (Å²) in [6.07, 6.45) is 2.88. The molecule has 21 heavy (non-hydrogen) atoms. The van der Waals surface area contributed by atoms with Crippen molar-refractivity contribution in [2.75, 3.05) is 31.3 Å². The van der Waals surface area contributed by atoms with Gasteiger partial charge in [-0.15, -0.1) is 0 Å². The van der Waals surface area contributed by atoms with E-state index >= 15 is 0 Å². The molecule has 0 radical (unpaired) electrons. The molecule has 2 amide bonds. The zero-order chi connectivity index (χ0) is 15.4. The van der Waals surface area contributed by atoms with Gasteiger partial charge in [0.05, 0.1) is 11.4 Å². The van der Waals surface area contributed by atoms with Gasteiger partial charge >= 0.3 is 0 Å². The van der Waals surface area contributed by atoms with Crippen LogP contribution in [0.2, 0.25) is 0 Å². The Labute approximate surface area is 124 Å². The second-order valence-electron chi connectivity index (χ2n) is 5.17. The van der Waals surface area contributed by atoms with Crippen molar-refractivity contribution >= 4 is 23.2 Å². The van der Waals surface area contributed by atoms with Gasteiger partial charge in [0.1, 0.15) is 6.04 Å². The molecule has 6 heteroatoms. The van der Waals surface area contributed by atoms with Gasteiger partial charge in [0.2, 0.25) is 5.91 Å². The first-order valence-corrected chi connectivity index (χ1v) is 7.18. The van der Waals surface area contributed by atoms with Crippen molar-refractivity contribution in [2.24, 2.45) is 0 Å². The topological polar surface area (TPSA) is 87.5 Å². The van der Waals surface area contributed by atoms with Crippen LogP contribution in [0, 0.1) is 0 Å². The molecule has 0 aliphatic carbocycles. The number of rotatable bonds is 3. The fraction of sp³-hybridized carbons (Fsp3) is 0.467. The van der Waals surface area contributed by atoms with Gasteiger partial charge in [0.25, 0.3) is 5.91 Å². The summed E-state index contributed by atoms with van der Waals surface area (Å²) in [6.45, 7) is 0.793. The Bertz CT molecular complexity index is 544. The number of nitrogens with two attached hydrogens (primary N) is 1. The first kappa shape index (κ1) is 15.2. The van der Waals surface area contributed by atoms with E-state index in [9.17, 15) is 9.59 Å². The highest BCUT2D eigenvalue weighted by Crippen LogP contribution is 2.30. The quantitative estimate of drug-likeness (QED) is 0.716. The van der Waals surface area contributed by atoms with Gasteiger partial charge in [-0.3, -0.25) is 9.59 Å². The lowest BCUT2D eigenvalue weighted by Crippen LogP contribution is -2.49. The van der Waals surface area contributed by atoms with Crippen molar-refractivity contribution in [1.82, 2.24) is 10.6 Å². The average Bonchev–Trinajstić information content (AvgIpc) is 2.53. The molecule has 0 spiro atoms. The minimum absolute atomic E-state index is 0.00415. The Kier molecular flexibility index (Phi) is 4.67. The summed E-state index contributed by atoms with van der Waals surface area (Å²) >= 11 is 0. The molecule has 1 aliphatic heterocycles. The smallest absolute Gasteiger partial charge is 0.251 e. The van der Waals surface area contributed by atoms with Gasteiger partial charge in [-0.05, 0) is 37.5 Å². The third-order valence-corrected chi connectivity index (χ3v) is 3.88. The third-order valence-electron chi connectivity index (χ3n) is 3.88. The molecule has 114 valence electrons. The fourth-order valence-electron chi connectivity index (χ4n) is 2.76. The number of likely N-dealkylation sites (N-methyl/N-ethyl adjacent to an activating group) is 1. The number of carbonyl (C=O) groups is 2. The van der Waals surface area contributed by atoms with Crippen LogP contribution in [0.3, 0.4) is 0 Å². The van der Waals surface area contributed by atoms with Gasteiger partial charge in [0, 0.05) is 26.2 Å². The summed E-state index contributed by atoms with van der Waals surface area (Å²) in [5.74, 6) is -0.167. The van der Waals surface area contributed by atoms with Crippen LogP contribution >= 0.6 is 0 Å². The van der Waals surface area contributed by atoms with Gasteiger partial charge in [-0.2, -0.15) is 0 Å². The van der Waals surface area contributed by atoms with Crippen molar-refractivity contribution in [3.05, 3.63) is 23.8 Å². The Hall–Kier alpha value is -2.24. The summed E-state index contributed by atoms with van der Waals surface area (Å²) in [7, 11) is 3.23. The van der Waals surface area contributed by atoms with Crippen LogP contribution in [0.25, 0.3) is 0 Å². The molecule has 0 saturated carbocycles. The van der Waals surface area contributed by atoms with Crippen molar-refractivity contribution < 1.29 is 9.59 Å². The van der Waals surface area contributed by atoms with E-state index in [1.165, 1.54) is 0 Å². The lowest BCUT2D eigenvalue weighted by Gasteiger charge is -2.37. The molecule has 1 atom stereocenters. The van der Waals surface area contributed by atoms with E-state index in [0.717, 1.165) is 31.5 Å². The van der Waals surface area contributed by atoms with Crippen molar-refractivity contribution in [3.63, 3.8) is 0 Å². The number of benzene rings is 1.